The molecule has 1 aromatic rings. The van der Waals surface area contributed by atoms with E-state index in [9.17, 15) is 19.5 Å². The number of fused-ring (bicyclic) bond motifs is 1. The highest BCUT2D eigenvalue weighted by Gasteiger charge is 2.53. The highest BCUT2D eigenvalue weighted by molar-refractivity contribution is 5.99. The van der Waals surface area contributed by atoms with Gasteiger partial charge in [0.05, 0.1) is 12.5 Å². The molecule has 3 saturated heterocycles. The molecule has 3 heterocycles. The maximum absolute atomic E-state index is 14.3. The molecule has 0 radical (unpaired) electrons. The van der Waals surface area contributed by atoms with Crippen LogP contribution >= 0.6 is 0 Å². The van der Waals surface area contributed by atoms with Gasteiger partial charge in [0.25, 0.3) is 0 Å². The summed E-state index contributed by atoms with van der Waals surface area (Å²) < 4.78 is 5.53. The summed E-state index contributed by atoms with van der Waals surface area (Å²) in [5.41, 5.74) is 8.10. The standard InChI is InChI=1S/C29H41N3O5/c1-2-12-31-13-10-18(11-14-31)20-8-9-21(28(30)35)22(15-20)25(19-6-4-3-5-7-19)29(36)32-16-23(33)27-26(32)24(34)17-37-27/h8-9,15,18-19,23,25-27,33H,2-7,10-14,16-17H2,1H3,(H2,30,35)/t23-,25-,26+,27+/m0/s1. The number of rotatable bonds is 7. The summed E-state index contributed by atoms with van der Waals surface area (Å²) in [5.74, 6) is -1.02. The molecule has 5 rings (SSSR count). The lowest BCUT2D eigenvalue weighted by molar-refractivity contribution is -0.139. The van der Waals surface area contributed by atoms with E-state index >= 15 is 0 Å². The van der Waals surface area contributed by atoms with E-state index in [0.29, 0.717) is 17.0 Å². The van der Waals surface area contributed by atoms with Gasteiger partial charge >= 0.3 is 0 Å². The topological polar surface area (TPSA) is 113 Å². The SMILES string of the molecule is CCCN1CCC(c2ccc(C(N)=O)c([C@@H](C(=O)N3C[C@H](O)[C@H]4OCC(=O)[C@H]43)C3CCCCC3)c2)CC1. The lowest BCUT2D eigenvalue weighted by atomic mass is 9.73. The van der Waals surface area contributed by atoms with E-state index < -0.39 is 30.1 Å². The third kappa shape index (κ3) is 5.20. The largest absolute Gasteiger partial charge is 0.388 e. The van der Waals surface area contributed by atoms with Gasteiger partial charge in [0.2, 0.25) is 11.8 Å². The molecular weight excluding hydrogens is 470 g/mol. The average Bonchev–Trinajstić information content (AvgIpc) is 3.45. The number of benzene rings is 1. The molecular formula is C29H41N3O5. The quantitative estimate of drug-likeness (QED) is 0.582. The van der Waals surface area contributed by atoms with Gasteiger partial charge in [-0.25, -0.2) is 0 Å². The Kier molecular flexibility index (Phi) is 7.98. The summed E-state index contributed by atoms with van der Waals surface area (Å²) in [6.07, 6.45) is 6.67. The second-order valence-corrected chi connectivity index (χ2v) is 11.4. The summed E-state index contributed by atoms with van der Waals surface area (Å²) in [6.45, 7) is 5.41. The average molecular weight is 512 g/mol. The Labute approximate surface area is 219 Å². The molecule has 1 aliphatic carbocycles. The Morgan fingerprint density at radius 1 is 1.14 bits per heavy atom. The van der Waals surface area contributed by atoms with Crippen LogP contribution in [0.25, 0.3) is 0 Å². The fourth-order valence-electron chi connectivity index (χ4n) is 7.21. The van der Waals surface area contributed by atoms with Crippen LogP contribution in [-0.4, -0.2) is 83.5 Å². The second kappa shape index (κ2) is 11.2. The molecule has 202 valence electrons. The van der Waals surface area contributed by atoms with Crippen LogP contribution in [0.1, 0.15) is 91.6 Å². The number of hydrogen-bond donors (Lipinski definition) is 2. The number of ketones is 1. The van der Waals surface area contributed by atoms with Crippen molar-refractivity contribution in [3.8, 4) is 0 Å². The van der Waals surface area contributed by atoms with Crippen LogP contribution in [0.3, 0.4) is 0 Å². The number of likely N-dealkylation sites (tertiary alicyclic amines) is 2. The van der Waals surface area contributed by atoms with Crippen molar-refractivity contribution in [3.63, 3.8) is 0 Å². The number of aliphatic hydroxyl groups is 1. The zero-order valence-electron chi connectivity index (χ0n) is 21.9. The zero-order chi connectivity index (χ0) is 26.1. The van der Waals surface area contributed by atoms with Crippen molar-refractivity contribution in [2.45, 2.75) is 88.4 Å². The zero-order valence-corrected chi connectivity index (χ0v) is 21.9. The van der Waals surface area contributed by atoms with E-state index in [1.54, 1.807) is 6.07 Å². The van der Waals surface area contributed by atoms with E-state index in [1.165, 1.54) is 4.90 Å². The fourth-order valence-corrected chi connectivity index (χ4v) is 7.21. The Hall–Kier alpha value is -2.29. The summed E-state index contributed by atoms with van der Waals surface area (Å²) >= 11 is 0. The van der Waals surface area contributed by atoms with Crippen molar-refractivity contribution < 1.29 is 24.2 Å². The summed E-state index contributed by atoms with van der Waals surface area (Å²) in [4.78, 5) is 43.6. The number of carbonyl (C=O) groups is 3. The van der Waals surface area contributed by atoms with Gasteiger partial charge in [0, 0.05) is 5.56 Å². The number of amides is 2. The number of carbonyl (C=O) groups excluding carboxylic acids is 3. The molecule has 4 aliphatic rings. The number of hydrogen-bond acceptors (Lipinski definition) is 6. The lowest BCUT2D eigenvalue weighted by Gasteiger charge is -2.36. The van der Waals surface area contributed by atoms with Crippen LogP contribution in [-0.2, 0) is 14.3 Å². The van der Waals surface area contributed by atoms with E-state index in [4.69, 9.17) is 10.5 Å². The molecule has 0 aromatic heterocycles. The number of nitrogens with two attached hydrogens (primary N) is 1. The minimum Gasteiger partial charge on any atom is -0.388 e. The van der Waals surface area contributed by atoms with Gasteiger partial charge < -0.3 is 25.4 Å². The predicted octanol–water partition coefficient (Wildman–Crippen LogP) is 2.58. The number of nitrogens with zero attached hydrogens (tertiary/aromatic N) is 2. The maximum Gasteiger partial charge on any atom is 0.249 e. The lowest BCUT2D eigenvalue weighted by Crippen LogP contribution is -2.46. The first kappa shape index (κ1) is 26.3. The van der Waals surface area contributed by atoms with Gasteiger partial charge in [-0.2, -0.15) is 0 Å². The third-order valence-corrected chi connectivity index (χ3v) is 9.10. The number of Topliss-reactive ketones (excluding diaryl/α,β-unsaturated/α-hetero) is 1. The molecule has 37 heavy (non-hydrogen) atoms. The van der Waals surface area contributed by atoms with Crippen molar-refractivity contribution in [2.75, 3.05) is 32.8 Å². The van der Waals surface area contributed by atoms with Crippen LogP contribution in [0.4, 0.5) is 0 Å². The highest BCUT2D eigenvalue weighted by Crippen LogP contribution is 2.42. The van der Waals surface area contributed by atoms with Crippen molar-refractivity contribution in [2.24, 2.45) is 11.7 Å². The molecule has 1 saturated carbocycles. The first-order chi connectivity index (χ1) is 17.9. The van der Waals surface area contributed by atoms with Gasteiger partial charge in [-0.1, -0.05) is 38.3 Å². The van der Waals surface area contributed by atoms with Crippen LogP contribution in [0, 0.1) is 5.92 Å². The molecule has 3 N–H and O–H groups in total. The normalized spacial score (nSPS) is 28.4. The van der Waals surface area contributed by atoms with E-state index in [2.05, 4.69) is 17.9 Å². The van der Waals surface area contributed by atoms with Gasteiger partial charge in [0.1, 0.15) is 24.9 Å². The Morgan fingerprint density at radius 3 is 2.54 bits per heavy atom. The summed E-state index contributed by atoms with van der Waals surface area (Å²) in [7, 11) is 0. The molecule has 3 aliphatic heterocycles. The number of ether oxygens (including phenoxy) is 1. The number of β-amino-alcohol motifs (C(OH)–C–C–N with tert-alkyl or cyclic N) is 1. The summed E-state index contributed by atoms with van der Waals surface area (Å²) in [5, 5.41) is 10.6. The van der Waals surface area contributed by atoms with E-state index in [0.717, 1.165) is 76.6 Å². The Morgan fingerprint density at radius 2 is 1.86 bits per heavy atom. The number of aliphatic hydroxyl groups excluding tert-OH is 1. The van der Waals surface area contributed by atoms with E-state index in [1.807, 2.05) is 6.07 Å². The number of piperidine rings is 1. The molecule has 8 nitrogen and oxygen atoms in total. The van der Waals surface area contributed by atoms with Gasteiger partial charge in [-0.05, 0) is 80.8 Å². The van der Waals surface area contributed by atoms with Gasteiger partial charge in [0.15, 0.2) is 5.78 Å². The van der Waals surface area contributed by atoms with Crippen molar-refractivity contribution in [1.29, 1.82) is 0 Å². The molecule has 2 amide bonds. The predicted molar refractivity (Wildman–Crippen MR) is 139 cm³/mol. The van der Waals surface area contributed by atoms with Crippen molar-refractivity contribution >= 4 is 17.6 Å². The first-order valence-corrected chi connectivity index (χ1v) is 14.2. The summed E-state index contributed by atoms with van der Waals surface area (Å²) in [6, 6.07) is 5.13. The Balaban J connectivity index is 1.50. The van der Waals surface area contributed by atoms with Crippen LogP contribution in [0.2, 0.25) is 0 Å². The van der Waals surface area contributed by atoms with Gasteiger partial charge in [-0.3, -0.25) is 14.4 Å². The molecule has 4 atom stereocenters. The molecule has 4 fully saturated rings. The van der Waals surface area contributed by atoms with Crippen LogP contribution in [0.15, 0.2) is 18.2 Å². The van der Waals surface area contributed by atoms with Crippen LogP contribution in [0.5, 0.6) is 0 Å². The molecule has 0 bridgehead atoms. The third-order valence-electron chi connectivity index (χ3n) is 9.10. The molecule has 0 spiro atoms. The minimum absolute atomic E-state index is 0.0645. The minimum atomic E-state index is -0.886. The molecule has 8 heteroatoms. The van der Waals surface area contributed by atoms with Crippen molar-refractivity contribution in [3.05, 3.63) is 34.9 Å². The fraction of sp³-hybridized carbons (Fsp3) is 0.690. The smallest absolute Gasteiger partial charge is 0.249 e. The van der Waals surface area contributed by atoms with Crippen LogP contribution < -0.4 is 5.73 Å². The highest BCUT2D eigenvalue weighted by atomic mass is 16.5. The first-order valence-electron chi connectivity index (χ1n) is 14.2. The van der Waals surface area contributed by atoms with Gasteiger partial charge in [-0.15, -0.1) is 0 Å². The second-order valence-electron chi connectivity index (χ2n) is 11.4. The molecule has 0 unspecified atom stereocenters. The number of primary amides is 1. The van der Waals surface area contributed by atoms with Crippen molar-refractivity contribution in [1.82, 2.24) is 9.80 Å². The molecule has 1 aromatic carbocycles. The maximum atomic E-state index is 14.3. The monoisotopic (exact) mass is 511 g/mol. The Bertz CT molecular complexity index is 1010. The van der Waals surface area contributed by atoms with E-state index in [-0.39, 0.29) is 30.8 Å².